The summed E-state index contributed by atoms with van der Waals surface area (Å²) in [6, 6.07) is 2.12. The lowest BCUT2D eigenvalue weighted by Crippen LogP contribution is -2.17. The minimum absolute atomic E-state index is 0.183. The number of aromatic nitrogens is 1. The number of aliphatic hydroxyl groups excluding tert-OH is 1. The molecule has 0 aliphatic rings. The van der Waals surface area contributed by atoms with E-state index in [-0.39, 0.29) is 12.6 Å². The maximum Gasteiger partial charge on any atom is 0.126 e. The topological polar surface area (TPSA) is 71.2 Å². The van der Waals surface area contributed by atoms with Gasteiger partial charge in [-0.3, -0.25) is 0 Å². The number of nitrogens with zero attached hydrogens (tertiary/aromatic N) is 1. The van der Waals surface area contributed by atoms with Gasteiger partial charge in [-0.2, -0.15) is 0 Å². The number of hydrogen-bond donors (Lipinski definition) is 3. The Morgan fingerprint density at radius 1 is 1.64 bits per heavy atom. The third-order valence-electron chi connectivity index (χ3n) is 2.11. The highest BCUT2D eigenvalue weighted by atomic mass is 16.3. The third-order valence-corrected chi connectivity index (χ3v) is 2.11. The molecule has 4 N–H and O–H groups in total. The zero-order valence-corrected chi connectivity index (χ0v) is 8.62. The van der Waals surface area contributed by atoms with Crippen LogP contribution >= 0.6 is 0 Å². The van der Waals surface area contributed by atoms with Gasteiger partial charge in [0.15, 0.2) is 0 Å². The molecule has 14 heavy (non-hydrogen) atoms. The van der Waals surface area contributed by atoms with Crippen LogP contribution in [0.4, 0.5) is 11.5 Å². The highest BCUT2D eigenvalue weighted by Gasteiger charge is 2.02. The van der Waals surface area contributed by atoms with Gasteiger partial charge in [0.1, 0.15) is 5.82 Å². The van der Waals surface area contributed by atoms with Gasteiger partial charge in [0.2, 0.25) is 0 Å². The minimum Gasteiger partial charge on any atom is -0.397 e. The quantitative estimate of drug-likeness (QED) is 0.674. The Bertz CT molecular complexity index is 301. The molecule has 0 bridgehead atoms. The number of hydrogen-bond acceptors (Lipinski definition) is 4. The molecule has 1 atom stereocenters. The van der Waals surface area contributed by atoms with Crippen LogP contribution in [-0.4, -0.2) is 22.7 Å². The Kier molecular flexibility index (Phi) is 3.71. The highest BCUT2D eigenvalue weighted by Crippen LogP contribution is 2.14. The van der Waals surface area contributed by atoms with E-state index in [2.05, 4.69) is 10.3 Å². The van der Waals surface area contributed by atoms with Crippen LogP contribution in [0.15, 0.2) is 12.3 Å². The molecule has 0 radical (unpaired) electrons. The molecule has 0 fully saturated rings. The van der Waals surface area contributed by atoms with Crippen molar-refractivity contribution in [1.82, 2.24) is 4.98 Å². The summed E-state index contributed by atoms with van der Waals surface area (Å²) < 4.78 is 0. The maximum absolute atomic E-state index is 8.73. The number of nitrogens with one attached hydrogen (secondary N) is 1. The molecular weight excluding hydrogens is 178 g/mol. The summed E-state index contributed by atoms with van der Waals surface area (Å²) in [5.41, 5.74) is 7.36. The molecule has 0 saturated carbocycles. The number of nitrogens with two attached hydrogens (primary N) is 1. The van der Waals surface area contributed by atoms with E-state index in [0.29, 0.717) is 12.1 Å². The lowest BCUT2D eigenvalue weighted by atomic mass is 10.2. The standard InChI is InChI=1S/C10H17N3O/c1-7-5-10(12-6-9(7)11)13-8(2)3-4-14/h5-6,8,14H,3-4,11H2,1-2H3,(H,12,13). The van der Waals surface area contributed by atoms with Gasteiger partial charge >= 0.3 is 0 Å². The van der Waals surface area contributed by atoms with Crippen molar-refractivity contribution in [2.75, 3.05) is 17.7 Å². The average molecular weight is 195 g/mol. The van der Waals surface area contributed by atoms with Crippen LogP contribution in [0, 0.1) is 6.92 Å². The van der Waals surface area contributed by atoms with Crippen LogP contribution in [0.5, 0.6) is 0 Å². The third kappa shape index (κ3) is 2.88. The van der Waals surface area contributed by atoms with Gasteiger partial charge in [-0.25, -0.2) is 4.98 Å². The molecule has 0 spiro atoms. The van der Waals surface area contributed by atoms with Crippen LogP contribution < -0.4 is 11.1 Å². The van der Waals surface area contributed by atoms with E-state index >= 15 is 0 Å². The van der Waals surface area contributed by atoms with Crippen molar-refractivity contribution >= 4 is 11.5 Å². The smallest absolute Gasteiger partial charge is 0.126 e. The average Bonchev–Trinajstić information content (AvgIpc) is 2.12. The van der Waals surface area contributed by atoms with Gasteiger partial charge in [-0.05, 0) is 31.9 Å². The number of anilines is 2. The molecule has 1 unspecified atom stereocenters. The molecule has 1 rings (SSSR count). The first-order valence-electron chi connectivity index (χ1n) is 4.73. The Morgan fingerprint density at radius 2 is 2.36 bits per heavy atom. The lowest BCUT2D eigenvalue weighted by molar-refractivity contribution is 0.282. The monoisotopic (exact) mass is 195 g/mol. The van der Waals surface area contributed by atoms with Crippen LogP contribution in [0.25, 0.3) is 0 Å². The van der Waals surface area contributed by atoms with Gasteiger partial charge in [0, 0.05) is 12.6 Å². The summed E-state index contributed by atoms with van der Waals surface area (Å²) in [7, 11) is 0. The molecule has 0 saturated heterocycles. The molecular formula is C10H17N3O. The molecule has 1 heterocycles. The fourth-order valence-corrected chi connectivity index (χ4v) is 1.16. The zero-order chi connectivity index (χ0) is 10.6. The number of aryl methyl sites for hydroxylation is 1. The molecule has 0 aliphatic carbocycles. The van der Waals surface area contributed by atoms with E-state index in [1.807, 2.05) is 19.9 Å². The summed E-state index contributed by atoms with van der Waals surface area (Å²) in [6.07, 6.45) is 2.36. The first kappa shape index (κ1) is 10.8. The summed E-state index contributed by atoms with van der Waals surface area (Å²) >= 11 is 0. The first-order valence-corrected chi connectivity index (χ1v) is 4.73. The second-order valence-electron chi connectivity index (χ2n) is 3.48. The molecule has 1 aromatic rings. The predicted molar refractivity (Wildman–Crippen MR) is 58.2 cm³/mol. The van der Waals surface area contributed by atoms with Crippen LogP contribution in [-0.2, 0) is 0 Å². The van der Waals surface area contributed by atoms with Crippen molar-refractivity contribution in [3.8, 4) is 0 Å². The van der Waals surface area contributed by atoms with E-state index in [1.54, 1.807) is 6.20 Å². The molecule has 4 heteroatoms. The molecule has 4 nitrogen and oxygen atoms in total. The SMILES string of the molecule is Cc1cc(NC(C)CCO)ncc1N. The molecule has 0 amide bonds. The second kappa shape index (κ2) is 4.81. The van der Waals surface area contributed by atoms with E-state index in [1.165, 1.54) is 0 Å². The fraction of sp³-hybridized carbons (Fsp3) is 0.500. The molecule has 0 aliphatic heterocycles. The zero-order valence-electron chi connectivity index (χ0n) is 8.62. The van der Waals surface area contributed by atoms with Crippen molar-refractivity contribution in [3.05, 3.63) is 17.8 Å². The van der Waals surface area contributed by atoms with E-state index < -0.39 is 0 Å². The van der Waals surface area contributed by atoms with Crippen LogP contribution in [0.1, 0.15) is 18.9 Å². The number of nitrogen functional groups attached to an aromatic ring is 1. The van der Waals surface area contributed by atoms with Gasteiger partial charge in [0.25, 0.3) is 0 Å². The van der Waals surface area contributed by atoms with Gasteiger partial charge in [-0.15, -0.1) is 0 Å². The summed E-state index contributed by atoms with van der Waals surface area (Å²) in [4.78, 5) is 4.14. The Labute approximate surface area is 84.2 Å². The molecule has 1 aromatic heterocycles. The van der Waals surface area contributed by atoms with Gasteiger partial charge in [0.05, 0.1) is 11.9 Å². The van der Waals surface area contributed by atoms with Crippen molar-refractivity contribution in [2.45, 2.75) is 26.3 Å². The van der Waals surface area contributed by atoms with Crippen molar-refractivity contribution in [3.63, 3.8) is 0 Å². The van der Waals surface area contributed by atoms with Crippen molar-refractivity contribution in [1.29, 1.82) is 0 Å². The number of aliphatic hydroxyl groups is 1. The lowest BCUT2D eigenvalue weighted by Gasteiger charge is -2.13. The normalized spacial score (nSPS) is 12.5. The predicted octanol–water partition coefficient (Wildman–Crippen LogP) is 1.16. The second-order valence-corrected chi connectivity index (χ2v) is 3.48. The maximum atomic E-state index is 8.73. The molecule has 78 valence electrons. The number of pyridine rings is 1. The summed E-state index contributed by atoms with van der Waals surface area (Å²) in [6.45, 7) is 4.13. The Morgan fingerprint density at radius 3 is 2.93 bits per heavy atom. The van der Waals surface area contributed by atoms with Crippen LogP contribution in [0.3, 0.4) is 0 Å². The van der Waals surface area contributed by atoms with Gasteiger partial charge in [-0.1, -0.05) is 0 Å². The van der Waals surface area contributed by atoms with E-state index in [9.17, 15) is 0 Å². The molecule has 0 aromatic carbocycles. The minimum atomic E-state index is 0.183. The Hall–Kier alpha value is -1.29. The first-order chi connectivity index (χ1) is 6.63. The van der Waals surface area contributed by atoms with Crippen LogP contribution in [0.2, 0.25) is 0 Å². The fourth-order valence-electron chi connectivity index (χ4n) is 1.16. The summed E-state index contributed by atoms with van der Waals surface area (Å²) in [5.74, 6) is 0.803. The highest BCUT2D eigenvalue weighted by molar-refractivity contribution is 5.51. The largest absolute Gasteiger partial charge is 0.397 e. The Balaban J connectivity index is 2.63. The van der Waals surface area contributed by atoms with Crippen molar-refractivity contribution in [2.24, 2.45) is 0 Å². The van der Waals surface area contributed by atoms with Crippen molar-refractivity contribution < 1.29 is 5.11 Å². The number of rotatable bonds is 4. The van der Waals surface area contributed by atoms with E-state index in [0.717, 1.165) is 11.4 Å². The van der Waals surface area contributed by atoms with Gasteiger partial charge < -0.3 is 16.2 Å². The summed E-state index contributed by atoms with van der Waals surface area (Å²) in [5, 5.41) is 11.9. The van der Waals surface area contributed by atoms with E-state index in [4.69, 9.17) is 10.8 Å².